The first-order valence-electron chi connectivity index (χ1n) is 13.5. The van der Waals surface area contributed by atoms with Crippen LogP contribution in [0.5, 0.6) is 5.75 Å². The van der Waals surface area contributed by atoms with E-state index < -0.39 is 11.9 Å². The molecule has 4 aromatic rings. The van der Waals surface area contributed by atoms with E-state index >= 15 is 0 Å². The highest BCUT2D eigenvalue weighted by Crippen LogP contribution is 2.48. The van der Waals surface area contributed by atoms with Crippen LogP contribution in [0.2, 0.25) is 10.0 Å². The molecule has 7 rings (SSSR count). The number of hydrogen-bond acceptors (Lipinski definition) is 9. The van der Waals surface area contributed by atoms with Gasteiger partial charge in [-0.1, -0.05) is 45.8 Å². The molecule has 1 saturated heterocycles. The maximum atomic E-state index is 13.7. The van der Waals surface area contributed by atoms with Gasteiger partial charge < -0.3 is 24.0 Å². The van der Waals surface area contributed by atoms with Crippen LogP contribution >= 0.6 is 34.5 Å². The number of carbonyl (C=O) groups is 2. The third kappa shape index (κ3) is 4.62. The van der Waals surface area contributed by atoms with Gasteiger partial charge in [0.25, 0.3) is 0 Å². The average Bonchev–Trinajstić information content (AvgIpc) is 3.27. The van der Waals surface area contributed by atoms with Crippen LogP contribution in [0.3, 0.4) is 0 Å². The van der Waals surface area contributed by atoms with E-state index in [-0.39, 0.29) is 29.5 Å². The van der Waals surface area contributed by atoms with E-state index in [0.717, 1.165) is 29.1 Å². The maximum Gasteiger partial charge on any atom is 0.344 e. The number of rotatable bonds is 8. The van der Waals surface area contributed by atoms with Crippen molar-refractivity contribution in [3.05, 3.63) is 57.3 Å². The molecule has 1 aliphatic heterocycles. The molecule has 2 aliphatic carbocycles. The van der Waals surface area contributed by atoms with E-state index in [2.05, 4.69) is 10.1 Å². The van der Waals surface area contributed by atoms with Crippen LogP contribution < -0.4 is 9.64 Å². The number of carboxylic acid groups (broad SMARTS) is 1. The summed E-state index contributed by atoms with van der Waals surface area (Å²) in [6.45, 7) is 2.94. The SMILES string of the molecule is CCOc1cc(C(=O)O)cc2sc(N3C[C@@H]4C[C@H]3C[C@H]4OC(=O)c3c(-c4c(Cl)cccc4Cl)noc3C3CC3)nc12. The van der Waals surface area contributed by atoms with Gasteiger partial charge in [-0.15, -0.1) is 0 Å². The van der Waals surface area contributed by atoms with Crippen LogP contribution in [0.15, 0.2) is 34.9 Å². The molecule has 3 atom stereocenters. The van der Waals surface area contributed by atoms with Gasteiger partial charge in [0, 0.05) is 36.4 Å². The molecule has 3 heterocycles. The van der Waals surface area contributed by atoms with Gasteiger partial charge in [0.2, 0.25) is 0 Å². The summed E-state index contributed by atoms with van der Waals surface area (Å²) < 4.78 is 18.3. The predicted molar refractivity (Wildman–Crippen MR) is 155 cm³/mol. The third-order valence-corrected chi connectivity index (χ3v) is 9.72. The van der Waals surface area contributed by atoms with Gasteiger partial charge in [0.15, 0.2) is 10.9 Å². The number of hydrogen-bond donors (Lipinski definition) is 1. The second-order valence-corrected chi connectivity index (χ2v) is 12.5. The van der Waals surface area contributed by atoms with Crippen molar-refractivity contribution in [3.63, 3.8) is 0 Å². The molecule has 0 radical (unpaired) electrons. The quantitative estimate of drug-likeness (QED) is 0.208. The summed E-state index contributed by atoms with van der Waals surface area (Å²) in [6, 6.07) is 8.46. The fourth-order valence-electron chi connectivity index (χ4n) is 6.00. The normalized spacial score (nSPS) is 21.5. The Kier molecular flexibility index (Phi) is 6.59. The van der Waals surface area contributed by atoms with E-state index in [0.29, 0.717) is 63.5 Å². The van der Waals surface area contributed by atoms with Crippen molar-refractivity contribution in [3.8, 4) is 17.0 Å². The number of thiazole rings is 1. The minimum atomic E-state index is -1.01. The first-order valence-corrected chi connectivity index (χ1v) is 15.1. The molecule has 12 heteroatoms. The van der Waals surface area contributed by atoms with Crippen LogP contribution in [-0.2, 0) is 4.74 Å². The molecule has 9 nitrogen and oxygen atoms in total. The number of carbonyl (C=O) groups excluding carboxylic acids is 1. The monoisotopic (exact) mass is 613 g/mol. The Morgan fingerprint density at radius 1 is 1.20 bits per heavy atom. The highest BCUT2D eigenvalue weighted by molar-refractivity contribution is 7.22. The summed E-state index contributed by atoms with van der Waals surface area (Å²) in [4.78, 5) is 32.4. The zero-order valence-corrected chi connectivity index (χ0v) is 24.3. The van der Waals surface area contributed by atoms with Crippen molar-refractivity contribution in [2.75, 3.05) is 18.1 Å². The fourth-order valence-corrected chi connectivity index (χ4v) is 7.68. The van der Waals surface area contributed by atoms with Crippen LogP contribution in [0.25, 0.3) is 21.5 Å². The largest absolute Gasteiger partial charge is 0.492 e. The van der Waals surface area contributed by atoms with Gasteiger partial charge in [0.05, 0.1) is 26.9 Å². The standard InChI is InChI=1S/C29H25Cl2N3O6S/c1-2-38-20-9-14(27(35)36)10-21-24(20)32-29(41-21)34-12-15-8-16(34)11-19(15)39-28(37)23-25(33-40-26(23)13-6-7-13)22-17(30)4-3-5-18(22)31/h3-5,9-10,13,15-16,19H,2,6-8,11-12H2,1H3,(H,35,36)/t15-,16-,19+/m0/s1. The molecule has 3 aliphatic rings. The molecule has 2 aromatic carbocycles. The number of aromatic nitrogens is 2. The average molecular weight is 615 g/mol. The molecular formula is C29H25Cl2N3O6S. The van der Waals surface area contributed by atoms with E-state index in [1.54, 1.807) is 24.3 Å². The Morgan fingerprint density at radius 2 is 1.98 bits per heavy atom. The smallest absolute Gasteiger partial charge is 0.344 e. The number of piperidine rings is 1. The fraction of sp³-hybridized carbons (Fsp3) is 0.379. The summed E-state index contributed by atoms with van der Waals surface area (Å²) >= 11 is 14.4. The summed E-state index contributed by atoms with van der Waals surface area (Å²) in [7, 11) is 0. The predicted octanol–water partition coefficient (Wildman–Crippen LogP) is 7.06. The van der Waals surface area contributed by atoms with E-state index in [4.69, 9.17) is 42.2 Å². The van der Waals surface area contributed by atoms with Crippen LogP contribution in [-0.4, -0.2) is 52.5 Å². The van der Waals surface area contributed by atoms with Gasteiger partial charge in [-0.25, -0.2) is 14.6 Å². The molecule has 0 amide bonds. The Bertz CT molecular complexity index is 1680. The highest BCUT2D eigenvalue weighted by atomic mass is 35.5. The van der Waals surface area contributed by atoms with Crippen molar-refractivity contribution < 1.29 is 28.7 Å². The van der Waals surface area contributed by atoms with E-state index in [1.165, 1.54) is 17.4 Å². The number of halogens is 2. The molecule has 41 heavy (non-hydrogen) atoms. The van der Waals surface area contributed by atoms with Crippen molar-refractivity contribution in [1.29, 1.82) is 0 Å². The number of benzene rings is 2. The number of aromatic carboxylic acids is 1. The lowest BCUT2D eigenvalue weighted by atomic mass is 10.0. The molecular weight excluding hydrogens is 589 g/mol. The topological polar surface area (TPSA) is 115 Å². The molecule has 212 valence electrons. The second kappa shape index (κ2) is 10.2. The first kappa shape index (κ1) is 26.6. The minimum Gasteiger partial charge on any atom is -0.492 e. The van der Waals surface area contributed by atoms with Crippen molar-refractivity contribution in [1.82, 2.24) is 10.1 Å². The molecule has 2 bridgehead atoms. The maximum absolute atomic E-state index is 13.7. The molecule has 0 spiro atoms. The number of ether oxygens (including phenoxy) is 2. The van der Waals surface area contributed by atoms with Crippen molar-refractivity contribution >= 4 is 61.8 Å². The number of anilines is 1. The van der Waals surface area contributed by atoms with E-state index in [1.807, 2.05) is 6.92 Å². The summed E-state index contributed by atoms with van der Waals surface area (Å²) in [5.74, 6) is -0.204. The zero-order chi connectivity index (χ0) is 28.4. The zero-order valence-electron chi connectivity index (χ0n) is 21.9. The van der Waals surface area contributed by atoms with Gasteiger partial charge in [0.1, 0.15) is 28.6 Å². The van der Waals surface area contributed by atoms with Crippen LogP contribution in [0.1, 0.15) is 65.0 Å². The minimum absolute atomic E-state index is 0.133. The van der Waals surface area contributed by atoms with Crippen molar-refractivity contribution in [2.24, 2.45) is 5.92 Å². The van der Waals surface area contributed by atoms with Gasteiger partial charge >= 0.3 is 11.9 Å². The number of esters is 1. The Balaban J connectivity index is 1.12. The Morgan fingerprint density at radius 3 is 2.63 bits per heavy atom. The lowest BCUT2D eigenvalue weighted by Gasteiger charge is -2.31. The lowest BCUT2D eigenvalue weighted by Crippen LogP contribution is -2.39. The summed E-state index contributed by atoms with van der Waals surface area (Å²) in [6.07, 6.45) is 3.13. The second-order valence-electron chi connectivity index (χ2n) is 10.7. The molecule has 0 unspecified atom stereocenters. The first-order chi connectivity index (χ1) is 19.8. The third-order valence-electron chi connectivity index (χ3n) is 8.05. The van der Waals surface area contributed by atoms with Gasteiger partial charge in [-0.2, -0.15) is 0 Å². The Labute approximate surface area is 248 Å². The van der Waals surface area contributed by atoms with E-state index in [9.17, 15) is 14.7 Å². The number of fused-ring (bicyclic) bond motifs is 3. The number of carboxylic acids is 1. The van der Waals surface area contributed by atoms with Gasteiger partial charge in [-0.3, -0.25) is 0 Å². The van der Waals surface area contributed by atoms with Crippen molar-refractivity contribution in [2.45, 2.75) is 50.7 Å². The molecule has 2 aromatic heterocycles. The molecule has 2 saturated carbocycles. The lowest BCUT2D eigenvalue weighted by molar-refractivity contribution is 0.0191. The van der Waals surface area contributed by atoms with Crippen LogP contribution in [0, 0.1) is 5.92 Å². The summed E-state index contributed by atoms with van der Waals surface area (Å²) in [5, 5.41) is 15.3. The Hall–Kier alpha value is -3.34. The highest BCUT2D eigenvalue weighted by Gasteiger charge is 2.48. The number of nitrogens with zero attached hydrogens (tertiary/aromatic N) is 3. The summed E-state index contributed by atoms with van der Waals surface area (Å²) in [5.41, 5.74) is 1.92. The molecule has 1 N–H and O–H groups in total. The van der Waals surface area contributed by atoms with Gasteiger partial charge in [-0.05, 0) is 50.5 Å². The molecule has 3 fully saturated rings. The van der Waals surface area contributed by atoms with Crippen LogP contribution in [0.4, 0.5) is 5.13 Å².